The Hall–Kier alpha value is -9.28. The number of hydrogen-bond acceptors (Lipinski definition) is 44. The number of aromatic nitrogens is 12. The molecule has 4 fully saturated rings. The van der Waals surface area contributed by atoms with Gasteiger partial charge in [0.1, 0.15) is 166 Å². The van der Waals surface area contributed by atoms with Crippen LogP contribution in [0.15, 0.2) is 49.1 Å². The Kier molecular flexibility index (Phi) is 29.7. The van der Waals surface area contributed by atoms with Crippen molar-refractivity contribution in [2.75, 3.05) is 80.0 Å². The van der Waals surface area contributed by atoms with Gasteiger partial charge in [0.05, 0.1) is 179 Å². The van der Waals surface area contributed by atoms with Crippen LogP contribution in [0.2, 0.25) is 0 Å². The van der Waals surface area contributed by atoms with Gasteiger partial charge >= 0.3 is 0 Å². The van der Waals surface area contributed by atoms with Gasteiger partial charge in [0.25, 0.3) is 0 Å². The van der Waals surface area contributed by atoms with Crippen LogP contribution >= 0.6 is 0 Å². The van der Waals surface area contributed by atoms with E-state index in [4.69, 9.17) is 94.7 Å². The zero-order valence-electron chi connectivity index (χ0n) is 72.1. The molecule has 0 unspecified atom stereocenters. The summed E-state index contributed by atoms with van der Waals surface area (Å²) in [5.74, 6) is 0.368. The molecule has 0 radical (unpaired) electrons. The normalized spacial score (nSPS) is 29.8. The Balaban J connectivity index is 0.725. The first-order chi connectivity index (χ1) is 63.9. The maximum Gasteiger partial charge on any atom is 0.230 e. The fraction of sp³-hybridized carbons (Fsp3) is 0.619. The Morgan fingerprint density at radius 1 is 0.273 bits per heavy atom. The predicted octanol–water partition coefficient (Wildman–Crippen LogP) is -3.98. The highest BCUT2D eigenvalue weighted by molar-refractivity contribution is 5.69. The van der Waals surface area contributed by atoms with Crippen molar-refractivity contribution in [2.45, 2.75) is 253 Å². The van der Waals surface area contributed by atoms with Crippen LogP contribution in [0.25, 0.3) is 0 Å². The van der Waals surface area contributed by atoms with Crippen molar-refractivity contribution in [1.29, 1.82) is 0 Å². The van der Waals surface area contributed by atoms with Gasteiger partial charge in [-0.2, -0.15) is 0 Å². The molecule has 8 aliphatic heterocycles. The first-order valence-electron chi connectivity index (χ1n) is 43.3. The highest BCUT2D eigenvalue weighted by atomic mass is 16.7. The lowest BCUT2D eigenvalue weighted by Crippen LogP contribution is -2.59. The lowest BCUT2D eigenvalue weighted by molar-refractivity contribution is -0.301. The van der Waals surface area contributed by atoms with Crippen molar-refractivity contribution in [3.63, 3.8) is 0 Å². The van der Waals surface area contributed by atoms with Crippen LogP contribution < -0.4 is 37.9 Å². The molecule has 0 amide bonds. The van der Waals surface area contributed by atoms with E-state index in [0.717, 1.165) is 0 Å². The number of benzene rings is 4. The topological polar surface area (TPSA) is 631 Å². The minimum atomic E-state index is -1.64. The van der Waals surface area contributed by atoms with E-state index in [1.807, 2.05) is 27.7 Å². The van der Waals surface area contributed by atoms with Gasteiger partial charge in [0.2, 0.25) is 27.2 Å². The third-order valence-corrected chi connectivity index (χ3v) is 25.0. The smallest absolute Gasteiger partial charge is 0.230 e. The van der Waals surface area contributed by atoms with E-state index in [1.165, 1.54) is 18.7 Å². The SMILES string of the molecule is CC1c2cc3c4c(COCc5cn(CCO[C@@H]6O[C@H](CO)[C@@H](O)[C@H](O)[C@H]6O)nn5)c2OCOc2c1cc1c(c2COCc2cn(CCO[C@@H]5O[C@H](CO)[C@@H](O)[C@H](O)[C@H]5O)nn2)OCOc2c(cc5c(c2COCc2cn(CCO[C@@H]6O[C@H](CO)[C@@H](O)[C@H](O)[C@H]6O)nn2)OCOc2c(cc(c(c2COCc2cn(CCO[C@@H]6O[C@H](CO)[C@@H](O)[C@H](O)[C@H]6O)nn2)OCO4)C3C)C5C)C1C. The van der Waals surface area contributed by atoms with E-state index < -0.39 is 200 Å². The summed E-state index contributed by atoms with van der Waals surface area (Å²) in [5.41, 5.74) is 8.93. The highest BCUT2D eigenvalue weighted by Gasteiger charge is 2.49. The minimum Gasteiger partial charge on any atom is -0.457 e. The molecule has 4 saturated heterocycles. The minimum absolute atomic E-state index is 0.0934. The van der Waals surface area contributed by atoms with Crippen molar-refractivity contribution >= 4 is 0 Å². The molecular formula is C84H108N12O36. The van der Waals surface area contributed by atoms with Crippen LogP contribution in [0.3, 0.4) is 0 Å². The van der Waals surface area contributed by atoms with E-state index in [2.05, 4.69) is 65.5 Å². The zero-order valence-corrected chi connectivity index (χ0v) is 72.1. The molecule has 16 N–H and O–H groups in total. The van der Waals surface area contributed by atoms with Crippen LogP contribution in [0.1, 0.15) is 141 Å². The molecule has 8 bridgehead atoms. The summed E-state index contributed by atoms with van der Waals surface area (Å²) in [6, 6.07) is 8.23. The van der Waals surface area contributed by atoms with Crippen molar-refractivity contribution in [3.8, 4) is 46.0 Å². The number of aliphatic hydroxyl groups is 16. The quantitative estimate of drug-likeness (QED) is 0.0178. The second-order valence-electron chi connectivity index (χ2n) is 33.4. The number of rotatable bonds is 36. The summed E-state index contributed by atoms with van der Waals surface area (Å²) >= 11 is 0. The number of hydrogen-bond donors (Lipinski definition) is 16. The molecule has 1 aliphatic carbocycles. The average molecular weight is 1860 g/mol. The van der Waals surface area contributed by atoms with Gasteiger partial charge in [0.15, 0.2) is 25.2 Å². The summed E-state index contributed by atoms with van der Waals surface area (Å²) in [7, 11) is 0. The van der Waals surface area contributed by atoms with E-state index in [1.54, 1.807) is 24.8 Å². The van der Waals surface area contributed by atoms with Gasteiger partial charge in [-0.05, 0) is 24.3 Å². The first-order valence-corrected chi connectivity index (χ1v) is 43.3. The molecule has 20 atom stereocenters. The molecular weight excluding hydrogens is 1750 g/mol. The lowest BCUT2D eigenvalue weighted by Gasteiger charge is -2.39. The molecule has 4 aromatic carbocycles. The maximum atomic E-state index is 10.6. The highest BCUT2D eigenvalue weighted by Crippen LogP contribution is 2.57. The average Bonchev–Trinajstić information content (AvgIpc) is 0.727. The fourth-order valence-electron chi connectivity index (χ4n) is 17.7. The number of ether oxygens (including phenoxy) is 20. The zero-order chi connectivity index (χ0) is 92.4. The largest absolute Gasteiger partial charge is 0.457 e. The molecule has 720 valence electrons. The summed E-state index contributed by atoms with van der Waals surface area (Å²) in [5, 5.41) is 199. The van der Waals surface area contributed by atoms with E-state index in [-0.39, 0.29) is 105 Å². The number of nitrogens with zero attached hydrogens (tertiary/aromatic N) is 12. The summed E-state index contributed by atoms with van der Waals surface area (Å²) in [4.78, 5) is 0. The maximum absolute atomic E-state index is 10.6. The Morgan fingerprint density at radius 3 is 0.644 bits per heavy atom. The van der Waals surface area contributed by atoms with Gasteiger partial charge in [-0.15, -0.1) is 20.4 Å². The van der Waals surface area contributed by atoms with Gasteiger partial charge in [-0.1, -0.05) is 48.5 Å². The molecule has 48 nitrogen and oxygen atoms in total. The van der Waals surface area contributed by atoms with Crippen LogP contribution in [0, 0.1) is 0 Å². The summed E-state index contributed by atoms with van der Waals surface area (Å²) in [6.07, 6.45) is -23.0. The molecule has 17 rings (SSSR count). The van der Waals surface area contributed by atoms with Crippen molar-refractivity contribution < 1.29 is 176 Å². The van der Waals surface area contributed by atoms with Crippen LogP contribution in [0.5, 0.6) is 46.0 Å². The third-order valence-electron chi connectivity index (χ3n) is 25.0. The van der Waals surface area contributed by atoms with Gasteiger partial charge in [0, 0.05) is 68.2 Å². The molecule has 4 aromatic heterocycles. The molecule has 8 aromatic rings. The first kappa shape index (κ1) is 94.5. The van der Waals surface area contributed by atoms with Gasteiger partial charge in [-0.25, -0.2) is 18.7 Å². The Morgan fingerprint density at radius 2 is 0.462 bits per heavy atom. The molecule has 9 aliphatic rings. The molecule has 12 heterocycles. The van der Waals surface area contributed by atoms with E-state index in [9.17, 15) is 81.7 Å². The molecule has 48 heteroatoms. The van der Waals surface area contributed by atoms with Crippen LogP contribution in [-0.4, -0.2) is 345 Å². The monoisotopic (exact) mass is 1860 g/mol. The van der Waals surface area contributed by atoms with Crippen LogP contribution in [0.4, 0.5) is 0 Å². The van der Waals surface area contributed by atoms with E-state index >= 15 is 0 Å². The third kappa shape index (κ3) is 19.4. The fourth-order valence-corrected chi connectivity index (χ4v) is 17.7. The summed E-state index contributed by atoms with van der Waals surface area (Å²) in [6.45, 7) is 2.91. The second-order valence-corrected chi connectivity index (χ2v) is 33.4. The van der Waals surface area contributed by atoms with Gasteiger partial charge in [-0.3, -0.25) is 0 Å². The predicted molar refractivity (Wildman–Crippen MR) is 433 cm³/mol. The second kappa shape index (κ2) is 41.5. The van der Waals surface area contributed by atoms with Crippen LogP contribution in [-0.2, 0) is 136 Å². The lowest BCUT2D eigenvalue weighted by atomic mass is 9.78. The van der Waals surface area contributed by atoms with E-state index in [0.29, 0.717) is 136 Å². The molecule has 0 saturated carbocycles. The number of aliphatic hydroxyl groups excluding tert-OH is 16. The Labute approximate surface area is 751 Å². The van der Waals surface area contributed by atoms with Crippen molar-refractivity contribution in [3.05, 3.63) is 139 Å². The van der Waals surface area contributed by atoms with Gasteiger partial charge < -0.3 is 176 Å². The van der Waals surface area contributed by atoms with Crippen molar-refractivity contribution in [2.24, 2.45) is 0 Å². The molecule has 132 heavy (non-hydrogen) atoms. The Bertz CT molecular complexity index is 4500. The summed E-state index contributed by atoms with van der Waals surface area (Å²) < 4.78 is 133. The van der Waals surface area contributed by atoms with Crippen molar-refractivity contribution in [1.82, 2.24) is 60.0 Å². The molecule has 0 spiro atoms. The standard InChI is InChI=1S/C84H108N12O36/c1-37-45-13-47-38(2)49-15-51-40(4)52-16-50-39(3)48-14-46(37)74-54(30-114-26-42-18-94(90-86-42)6-10-118-82-70(110)66(106)62(102)58(22-98)130-82)76(48)124-35-126-78(50)56(32-116-28-44-20-96(92-88-44)8-12-120-84-72(112)68(108)64(104)60(24-100)132-84)80(52)128-36-127-79(51)55(31-115-27-43-19-95(91-87-43)7-11-119-83-71(111)67(107)63(103)59(23-99)131-83)77(49)125-34-123-75(47)53(73(45)121-33-122-74)29-113-25-41-17-93(89-85-41)5-9-117-81-69(109)65(105)61(101)57(21-97)129-81/h13-20,37-40,57-72,81-84,97-112H,5-12,21-36H2,1-4H3/t37?,38?,39?,40?,57-,58-,59-,60-,61-,62-,63-,64-,65+,66+,67+,68+,69-,70-,71-,72-,81-,82-,83-,84-/m1/s1.